The number of hydrogen-bond donors (Lipinski definition) is 1. The van der Waals surface area contributed by atoms with E-state index in [0.29, 0.717) is 38.9 Å². The number of carbonyl (C=O) groups is 2. The molecule has 0 spiro atoms. The predicted octanol–water partition coefficient (Wildman–Crippen LogP) is 2.70. The number of imidazole rings is 1. The normalized spacial score (nSPS) is 13.8. The molecule has 34 heavy (non-hydrogen) atoms. The van der Waals surface area contributed by atoms with Crippen molar-refractivity contribution in [3.8, 4) is 11.3 Å². The summed E-state index contributed by atoms with van der Waals surface area (Å²) in [6.45, 7) is 6.23. The van der Waals surface area contributed by atoms with Crippen molar-refractivity contribution in [2.24, 2.45) is 0 Å². The van der Waals surface area contributed by atoms with Gasteiger partial charge in [-0.2, -0.15) is 0 Å². The molecule has 0 amide bonds. The van der Waals surface area contributed by atoms with E-state index in [-0.39, 0.29) is 48.9 Å². The summed E-state index contributed by atoms with van der Waals surface area (Å²) < 4.78 is 38.1. The third-order valence-electron chi connectivity index (χ3n) is 5.64. The molecule has 2 aromatic rings. The predicted molar refractivity (Wildman–Crippen MR) is 116 cm³/mol. The number of H-pyrrole nitrogens is 1. The van der Waals surface area contributed by atoms with E-state index in [9.17, 15) is 23.2 Å². The van der Waals surface area contributed by atoms with Crippen LogP contribution < -0.4 is 5.69 Å². The Morgan fingerprint density at radius 3 is 2.41 bits per heavy atom. The fraction of sp³-hybridized carbons (Fsp3) is 0.391. The van der Waals surface area contributed by atoms with Gasteiger partial charge in [-0.3, -0.25) is 20.3 Å². The zero-order chi connectivity index (χ0) is 24.1. The van der Waals surface area contributed by atoms with Crippen LogP contribution in [-0.4, -0.2) is 60.2 Å². The van der Waals surface area contributed by atoms with Crippen LogP contribution in [0.15, 0.2) is 35.1 Å². The Kier molecular flexibility index (Phi) is 9.76. The second-order valence-corrected chi connectivity index (χ2v) is 7.80. The zero-order valence-electron chi connectivity index (χ0n) is 18.9. The molecule has 1 aromatic heterocycles. The molecule has 2 heterocycles. The summed E-state index contributed by atoms with van der Waals surface area (Å²) in [6, 6.07) is 3.16. The first-order valence-electron chi connectivity index (χ1n) is 10.4. The van der Waals surface area contributed by atoms with Crippen molar-refractivity contribution >= 4 is 11.9 Å². The van der Waals surface area contributed by atoms with Gasteiger partial charge in [-0.1, -0.05) is 12.2 Å². The van der Waals surface area contributed by atoms with Crippen molar-refractivity contribution in [2.45, 2.75) is 25.8 Å². The van der Waals surface area contributed by atoms with Crippen LogP contribution in [0.4, 0.5) is 8.78 Å². The minimum absolute atomic E-state index is 0. The summed E-state index contributed by atoms with van der Waals surface area (Å²) in [5.74, 6) is -2.43. The molecule has 0 saturated carbocycles. The largest absolute Gasteiger partial charge is 0.491 e. The van der Waals surface area contributed by atoms with E-state index in [4.69, 9.17) is 9.47 Å². The van der Waals surface area contributed by atoms with Gasteiger partial charge in [-0.25, -0.2) is 18.4 Å². The molecule has 11 heteroatoms. The van der Waals surface area contributed by atoms with Crippen molar-refractivity contribution in [1.29, 1.82) is 0 Å². The molecule has 8 nitrogen and oxygen atoms in total. The van der Waals surface area contributed by atoms with Gasteiger partial charge in [0.1, 0.15) is 0 Å². The topological polar surface area (TPSA) is 93.6 Å². The number of esters is 2. The molecule has 1 aliphatic heterocycles. The number of likely N-dealkylation sites (tertiary alicyclic amines) is 1. The third-order valence-corrected chi connectivity index (χ3v) is 5.64. The van der Waals surface area contributed by atoms with Crippen LogP contribution in [0.3, 0.4) is 0 Å². The van der Waals surface area contributed by atoms with Crippen LogP contribution >= 0.6 is 0 Å². The minimum Gasteiger partial charge on any atom is -0.491 e. The second-order valence-electron chi connectivity index (χ2n) is 7.80. The van der Waals surface area contributed by atoms with Crippen molar-refractivity contribution in [3.05, 3.63) is 64.1 Å². The average molecular weight is 565 g/mol. The minimum atomic E-state index is -1.10. The number of ether oxygens (including phenoxy) is 2. The SMILES string of the molecule is C=C(CCn1c(-c2ccc(F)c(F)c2)c(C(=O)OC)[nH]c1=O)CN1CC[C-](C(=O)OC)CC1.[Rh]. The number of aromatic nitrogens is 2. The van der Waals surface area contributed by atoms with Gasteiger partial charge in [0, 0.05) is 38.1 Å². The Balaban J connectivity index is 0.00000408. The van der Waals surface area contributed by atoms with Crippen LogP contribution in [0.5, 0.6) is 0 Å². The van der Waals surface area contributed by atoms with E-state index in [1.165, 1.54) is 17.7 Å². The number of halogens is 2. The molecule has 0 unspecified atom stereocenters. The number of carbonyl (C=O) groups excluding carboxylic acids is 2. The average Bonchev–Trinajstić information content (AvgIpc) is 3.15. The van der Waals surface area contributed by atoms with E-state index in [2.05, 4.69) is 16.5 Å². The molecule has 1 fully saturated rings. The summed E-state index contributed by atoms with van der Waals surface area (Å²) in [4.78, 5) is 41.0. The Labute approximate surface area is 208 Å². The molecular formula is C23H26F2N3O5Rh-. The number of methoxy groups -OCH3 is 2. The van der Waals surface area contributed by atoms with E-state index >= 15 is 0 Å². The smallest absolute Gasteiger partial charge is 0.356 e. The van der Waals surface area contributed by atoms with Crippen LogP contribution in [0.2, 0.25) is 0 Å². The quantitative estimate of drug-likeness (QED) is 0.229. The molecule has 0 aliphatic carbocycles. The molecule has 1 saturated heterocycles. The number of nitrogens with one attached hydrogen (secondary N) is 1. The summed E-state index contributed by atoms with van der Waals surface area (Å²) in [5, 5.41) is 0. The van der Waals surface area contributed by atoms with Gasteiger partial charge in [0.2, 0.25) is 0 Å². The first kappa shape index (κ1) is 27.5. The number of nitrogens with zero attached hydrogens (tertiary/aromatic N) is 2. The van der Waals surface area contributed by atoms with Crippen LogP contribution in [0.25, 0.3) is 11.3 Å². The maximum atomic E-state index is 13.9. The van der Waals surface area contributed by atoms with Gasteiger partial charge in [0.25, 0.3) is 0 Å². The fourth-order valence-corrected chi connectivity index (χ4v) is 3.87. The van der Waals surface area contributed by atoms with Gasteiger partial charge in [-0.15, -0.1) is 12.8 Å². The molecule has 1 aliphatic rings. The number of piperidine rings is 1. The first-order chi connectivity index (χ1) is 15.7. The van der Waals surface area contributed by atoms with Gasteiger partial charge >= 0.3 is 11.7 Å². The van der Waals surface area contributed by atoms with Gasteiger partial charge in [-0.05, 0) is 37.7 Å². The molecule has 3 rings (SSSR count). The number of benzene rings is 1. The molecule has 0 bridgehead atoms. The Morgan fingerprint density at radius 1 is 1.15 bits per heavy atom. The monoisotopic (exact) mass is 565 g/mol. The molecule has 0 atom stereocenters. The van der Waals surface area contributed by atoms with Crippen molar-refractivity contribution < 1.29 is 47.3 Å². The van der Waals surface area contributed by atoms with Crippen LogP contribution in [0.1, 0.15) is 29.8 Å². The van der Waals surface area contributed by atoms with Gasteiger partial charge < -0.3 is 14.4 Å². The second kappa shape index (κ2) is 12.1. The maximum absolute atomic E-state index is 13.9. The molecule has 1 radical (unpaired) electrons. The van der Waals surface area contributed by atoms with E-state index in [1.54, 1.807) is 0 Å². The van der Waals surface area contributed by atoms with E-state index < -0.39 is 23.3 Å². The van der Waals surface area contributed by atoms with Gasteiger partial charge in [0.15, 0.2) is 23.3 Å². The van der Waals surface area contributed by atoms with Crippen molar-refractivity contribution in [3.63, 3.8) is 0 Å². The molecule has 187 valence electrons. The van der Waals surface area contributed by atoms with Gasteiger partial charge in [0.05, 0.1) is 19.9 Å². The first-order valence-corrected chi connectivity index (χ1v) is 10.4. The summed E-state index contributed by atoms with van der Waals surface area (Å²) in [6.07, 6.45) is 1.67. The summed E-state index contributed by atoms with van der Waals surface area (Å²) >= 11 is 0. The third kappa shape index (κ3) is 6.21. The maximum Gasteiger partial charge on any atom is 0.356 e. The molecule has 1 aromatic carbocycles. The van der Waals surface area contributed by atoms with Crippen LogP contribution in [-0.2, 0) is 40.3 Å². The number of rotatable bonds is 8. The fourth-order valence-electron chi connectivity index (χ4n) is 3.87. The summed E-state index contributed by atoms with van der Waals surface area (Å²) in [5.41, 5.74) is 0.425. The summed E-state index contributed by atoms with van der Waals surface area (Å²) in [7, 11) is 2.53. The number of aromatic amines is 1. The van der Waals surface area contributed by atoms with E-state index in [0.717, 1.165) is 30.7 Å². The Hall–Kier alpha value is -2.78. The Morgan fingerprint density at radius 2 is 1.82 bits per heavy atom. The van der Waals surface area contributed by atoms with E-state index in [1.807, 2.05) is 0 Å². The van der Waals surface area contributed by atoms with Crippen LogP contribution in [0, 0.1) is 17.6 Å². The number of hydrogen-bond acceptors (Lipinski definition) is 6. The molecular weight excluding hydrogens is 539 g/mol. The zero-order valence-corrected chi connectivity index (χ0v) is 20.6. The van der Waals surface area contributed by atoms with Crippen molar-refractivity contribution in [2.75, 3.05) is 33.9 Å². The standard InChI is InChI=1S/C23H26F2N3O5.Rh/c1-14(13-27-9-7-15(8-10-27)21(29)32-2)6-11-28-20(16-4-5-17(24)18(25)12-16)19(22(30)33-3)26-23(28)31;/h4-5,12H,1,6-11,13H2,2-3H3,(H,26,31);/q-1;. The molecule has 1 N–H and O–H groups in total. The Bertz CT molecular complexity index is 1110. The van der Waals surface area contributed by atoms with Crippen molar-refractivity contribution in [1.82, 2.24) is 14.5 Å².